The van der Waals surface area contributed by atoms with E-state index in [1.165, 1.54) is 0 Å². The lowest BCUT2D eigenvalue weighted by molar-refractivity contribution is 0.00578. The van der Waals surface area contributed by atoms with Gasteiger partial charge in [0.15, 0.2) is 0 Å². The molecule has 36 heavy (non-hydrogen) atoms. The minimum atomic E-state index is -0.487. The first-order valence-electron chi connectivity index (χ1n) is 13.2. The smallest absolute Gasteiger partial charge is 0.444 e. The molecule has 1 aromatic carbocycles. The van der Waals surface area contributed by atoms with Crippen molar-refractivity contribution in [3.63, 3.8) is 0 Å². The number of carbonyl (C=O) groups excluding carboxylic acids is 1. The summed E-state index contributed by atoms with van der Waals surface area (Å²) in [4.78, 5) is 21.6. The molecule has 9 heteroatoms. The number of anilines is 1. The standard InChI is InChI=1S/C27H41BN4O4/c1-9-17-14-19(28-35-26(5,6)27(7,8)36-28)15-18-16-29-23(32-22(17)18)30-20-10-12-21(13-11-20)31-24(33)34-25(2,3)4/h14-16,20-21H,9-13H2,1-8H3,(H,31,33)(H,29,30,32). The number of aryl methyl sites for hydroxylation is 1. The third-order valence-corrected chi connectivity index (χ3v) is 7.47. The zero-order chi connectivity index (χ0) is 26.3. The number of benzene rings is 1. The van der Waals surface area contributed by atoms with Crippen molar-refractivity contribution >= 4 is 35.5 Å². The molecule has 1 amide bonds. The quantitative estimate of drug-likeness (QED) is 0.578. The van der Waals surface area contributed by atoms with E-state index in [1.54, 1.807) is 0 Å². The molecule has 0 spiro atoms. The first-order valence-corrected chi connectivity index (χ1v) is 13.2. The van der Waals surface area contributed by atoms with Gasteiger partial charge < -0.3 is 24.7 Å². The lowest BCUT2D eigenvalue weighted by atomic mass is 9.77. The van der Waals surface area contributed by atoms with Crippen molar-refractivity contribution < 1.29 is 18.8 Å². The van der Waals surface area contributed by atoms with Gasteiger partial charge in [-0.1, -0.05) is 19.1 Å². The van der Waals surface area contributed by atoms with Gasteiger partial charge in [0.05, 0.1) is 16.7 Å². The van der Waals surface area contributed by atoms with Gasteiger partial charge in [0.25, 0.3) is 0 Å². The zero-order valence-electron chi connectivity index (χ0n) is 23.0. The fraction of sp³-hybridized carbons (Fsp3) is 0.667. The molecule has 0 atom stereocenters. The van der Waals surface area contributed by atoms with Gasteiger partial charge in [0, 0.05) is 23.7 Å². The predicted octanol–water partition coefficient (Wildman–Crippen LogP) is 4.74. The summed E-state index contributed by atoms with van der Waals surface area (Å²) in [7, 11) is -0.410. The highest BCUT2D eigenvalue weighted by Gasteiger charge is 2.51. The molecule has 1 saturated heterocycles. The summed E-state index contributed by atoms with van der Waals surface area (Å²) in [6.45, 7) is 16.0. The fourth-order valence-corrected chi connectivity index (χ4v) is 4.74. The van der Waals surface area contributed by atoms with Crippen LogP contribution < -0.4 is 16.1 Å². The molecule has 2 fully saturated rings. The third-order valence-electron chi connectivity index (χ3n) is 7.47. The van der Waals surface area contributed by atoms with Crippen LogP contribution in [0.4, 0.5) is 10.7 Å². The topological polar surface area (TPSA) is 94.6 Å². The first kappa shape index (κ1) is 26.7. The Hall–Kier alpha value is -2.39. The van der Waals surface area contributed by atoms with E-state index in [-0.39, 0.29) is 29.4 Å². The van der Waals surface area contributed by atoms with Crippen LogP contribution in [0.15, 0.2) is 18.3 Å². The van der Waals surface area contributed by atoms with Gasteiger partial charge in [0.1, 0.15) is 5.60 Å². The summed E-state index contributed by atoms with van der Waals surface area (Å²) < 4.78 is 17.9. The highest BCUT2D eigenvalue weighted by Crippen LogP contribution is 2.37. The lowest BCUT2D eigenvalue weighted by Gasteiger charge is -2.32. The summed E-state index contributed by atoms with van der Waals surface area (Å²) >= 11 is 0. The number of ether oxygens (including phenoxy) is 1. The van der Waals surface area contributed by atoms with Crippen molar-refractivity contribution in [3.8, 4) is 0 Å². The molecule has 1 saturated carbocycles. The number of alkyl carbamates (subject to hydrolysis) is 1. The molecule has 1 aliphatic carbocycles. The first-order chi connectivity index (χ1) is 16.8. The Bertz CT molecular complexity index is 1090. The third kappa shape index (κ3) is 5.94. The van der Waals surface area contributed by atoms with Crippen molar-refractivity contribution in [3.05, 3.63) is 23.9 Å². The minimum absolute atomic E-state index is 0.135. The van der Waals surface area contributed by atoms with E-state index in [9.17, 15) is 4.79 Å². The van der Waals surface area contributed by atoms with Crippen LogP contribution in [0.5, 0.6) is 0 Å². The zero-order valence-corrected chi connectivity index (χ0v) is 23.0. The summed E-state index contributed by atoms with van der Waals surface area (Å²) in [6, 6.07) is 4.63. The van der Waals surface area contributed by atoms with E-state index >= 15 is 0 Å². The molecule has 1 aromatic heterocycles. The molecule has 4 rings (SSSR count). The molecule has 2 heterocycles. The van der Waals surface area contributed by atoms with E-state index in [0.29, 0.717) is 5.95 Å². The number of fused-ring (bicyclic) bond motifs is 1. The highest BCUT2D eigenvalue weighted by molar-refractivity contribution is 6.62. The maximum Gasteiger partial charge on any atom is 0.494 e. The molecule has 2 N–H and O–H groups in total. The molecule has 0 unspecified atom stereocenters. The number of hydrogen-bond acceptors (Lipinski definition) is 7. The second-order valence-corrected chi connectivity index (χ2v) is 12.1. The van der Waals surface area contributed by atoms with Gasteiger partial charge in [-0.05, 0) is 91.6 Å². The van der Waals surface area contributed by atoms with Crippen molar-refractivity contribution in [1.29, 1.82) is 0 Å². The van der Waals surface area contributed by atoms with Crippen LogP contribution in [0.1, 0.15) is 86.6 Å². The number of nitrogens with zero attached hydrogens (tertiary/aromatic N) is 2. The Morgan fingerprint density at radius 1 is 1.08 bits per heavy atom. The maximum absolute atomic E-state index is 12.1. The van der Waals surface area contributed by atoms with E-state index in [2.05, 4.69) is 62.4 Å². The second kappa shape index (κ2) is 9.82. The number of hydrogen-bond donors (Lipinski definition) is 2. The maximum atomic E-state index is 12.1. The van der Waals surface area contributed by atoms with E-state index in [0.717, 1.165) is 54.0 Å². The average Bonchev–Trinajstić information content (AvgIpc) is 3.00. The Morgan fingerprint density at radius 2 is 1.69 bits per heavy atom. The molecule has 0 radical (unpaired) electrons. The van der Waals surface area contributed by atoms with Gasteiger partial charge in [0.2, 0.25) is 5.95 Å². The van der Waals surface area contributed by atoms with Gasteiger partial charge in [-0.15, -0.1) is 0 Å². The van der Waals surface area contributed by atoms with Crippen LogP contribution >= 0.6 is 0 Å². The van der Waals surface area contributed by atoms with Crippen molar-refractivity contribution in [2.45, 2.75) is 116 Å². The molecular weight excluding hydrogens is 455 g/mol. The van der Waals surface area contributed by atoms with Crippen LogP contribution in [0, 0.1) is 0 Å². The molecule has 2 aliphatic rings. The van der Waals surface area contributed by atoms with Crippen LogP contribution in [0.3, 0.4) is 0 Å². The Balaban J connectivity index is 1.41. The minimum Gasteiger partial charge on any atom is -0.444 e. The van der Waals surface area contributed by atoms with Gasteiger partial charge in [-0.3, -0.25) is 0 Å². The Kier molecular flexibility index (Phi) is 7.28. The second-order valence-electron chi connectivity index (χ2n) is 12.1. The number of carbonyl (C=O) groups is 1. The van der Waals surface area contributed by atoms with Crippen molar-refractivity contribution in [1.82, 2.24) is 15.3 Å². The summed E-state index contributed by atoms with van der Waals surface area (Å²) in [5.74, 6) is 0.643. The van der Waals surface area contributed by atoms with E-state index in [4.69, 9.17) is 19.0 Å². The monoisotopic (exact) mass is 496 g/mol. The number of nitrogens with one attached hydrogen (secondary N) is 2. The normalized spacial score (nSPS) is 23.5. The molecule has 8 nitrogen and oxygen atoms in total. The summed E-state index contributed by atoms with van der Waals surface area (Å²) in [6.07, 6.45) is 6.04. The number of rotatable bonds is 5. The Morgan fingerprint density at radius 3 is 2.28 bits per heavy atom. The van der Waals surface area contributed by atoms with Crippen LogP contribution in [-0.2, 0) is 20.5 Å². The number of amides is 1. The predicted molar refractivity (Wildman–Crippen MR) is 144 cm³/mol. The van der Waals surface area contributed by atoms with Gasteiger partial charge >= 0.3 is 13.2 Å². The molecule has 0 bridgehead atoms. The summed E-state index contributed by atoms with van der Waals surface area (Å²) in [5.41, 5.74) is 1.84. The van der Waals surface area contributed by atoms with Crippen LogP contribution in [0.25, 0.3) is 10.9 Å². The van der Waals surface area contributed by atoms with Crippen LogP contribution in [-0.4, -0.2) is 52.1 Å². The van der Waals surface area contributed by atoms with Gasteiger partial charge in [-0.25, -0.2) is 14.8 Å². The highest BCUT2D eigenvalue weighted by atomic mass is 16.7. The van der Waals surface area contributed by atoms with E-state index < -0.39 is 12.7 Å². The molecule has 2 aromatic rings. The SMILES string of the molecule is CCc1cc(B2OC(C)(C)C(C)(C)O2)cc2cnc(NC3CCC(NC(=O)OC(C)(C)C)CC3)nc12. The van der Waals surface area contributed by atoms with Crippen molar-refractivity contribution in [2.24, 2.45) is 0 Å². The van der Waals surface area contributed by atoms with Crippen molar-refractivity contribution in [2.75, 3.05) is 5.32 Å². The lowest BCUT2D eigenvalue weighted by Crippen LogP contribution is -2.42. The number of aromatic nitrogens is 2. The van der Waals surface area contributed by atoms with E-state index in [1.807, 2.05) is 27.0 Å². The summed E-state index contributed by atoms with van der Waals surface area (Å²) in [5, 5.41) is 7.49. The molecule has 1 aliphatic heterocycles. The molecular formula is C27H41BN4O4. The average molecular weight is 496 g/mol. The van der Waals surface area contributed by atoms with Crippen LogP contribution in [0.2, 0.25) is 0 Å². The molecule has 196 valence electrons. The Labute approximate surface area is 215 Å². The fourth-order valence-electron chi connectivity index (χ4n) is 4.74. The largest absolute Gasteiger partial charge is 0.494 e. The van der Waals surface area contributed by atoms with Gasteiger partial charge in [-0.2, -0.15) is 0 Å².